The maximum absolute atomic E-state index is 11.5. The molecule has 0 bridgehead atoms. The minimum atomic E-state index is -4.52. The van der Waals surface area contributed by atoms with Crippen LogP contribution in [0.1, 0.15) is 13.8 Å². The Kier molecular flexibility index (Phi) is 5.85. The number of alkyl halides is 3. The van der Waals surface area contributed by atoms with E-state index in [-0.39, 0.29) is 17.9 Å². The lowest BCUT2D eigenvalue weighted by Gasteiger charge is -2.22. The van der Waals surface area contributed by atoms with Gasteiger partial charge < -0.3 is 5.32 Å². The van der Waals surface area contributed by atoms with E-state index in [2.05, 4.69) is 10.1 Å². The van der Waals surface area contributed by atoms with Crippen LogP contribution in [0.25, 0.3) is 0 Å². The van der Waals surface area contributed by atoms with Crippen molar-refractivity contribution in [3.63, 3.8) is 0 Å². The van der Waals surface area contributed by atoms with E-state index >= 15 is 0 Å². The van der Waals surface area contributed by atoms with Crippen molar-refractivity contribution in [1.82, 2.24) is 5.32 Å². The van der Waals surface area contributed by atoms with Gasteiger partial charge in [0.25, 0.3) is 0 Å². The van der Waals surface area contributed by atoms with Crippen molar-refractivity contribution in [2.45, 2.75) is 25.0 Å². The van der Waals surface area contributed by atoms with Crippen LogP contribution in [0.15, 0.2) is 0 Å². The fraction of sp³-hybridized carbons (Fsp3) is 1.00. The van der Waals surface area contributed by atoms with Crippen LogP contribution in [0.5, 0.6) is 0 Å². The van der Waals surface area contributed by atoms with Crippen molar-refractivity contribution in [2.24, 2.45) is 0 Å². The Morgan fingerprint density at radius 2 is 1.86 bits per heavy atom. The molecule has 0 spiro atoms. The largest absolute Gasteiger partial charge is 0.522 e. The van der Waals surface area contributed by atoms with Crippen molar-refractivity contribution in [3.05, 3.63) is 0 Å². The lowest BCUT2D eigenvalue weighted by molar-refractivity contribution is -0.323. The van der Waals surface area contributed by atoms with Crippen LogP contribution in [0.2, 0.25) is 0 Å². The normalized spacial score (nSPS) is 13.3. The zero-order valence-corrected chi connectivity index (χ0v) is 9.39. The van der Waals surface area contributed by atoms with Gasteiger partial charge in [-0.15, -0.1) is 13.2 Å². The number of nitrogens with one attached hydrogen (secondary N) is 1. The number of ether oxygens (including phenoxy) is 1. The molecule has 14 heavy (non-hydrogen) atoms. The highest BCUT2D eigenvalue weighted by Crippen LogP contribution is 2.19. The maximum Gasteiger partial charge on any atom is 0.522 e. The van der Waals surface area contributed by atoms with Crippen molar-refractivity contribution < 1.29 is 17.9 Å². The van der Waals surface area contributed by atoms with Gasteiger partial charge in [-0.2, -0.15) is 11.8 Å². The van der Waals surface area contributed by atoms with E-state index < -0.39 is 6.36 Å². The molecule has 0 aliphatic carbocycles. The van der Waals surface area contributed by atoms with Crippen LogP contribution in [0.3, 0.4) is 0 Å². The van der Waals surface area contributed by atoms with Gasteiger partial charge in [0.05, 0.1) is 6.61 Å². The molecule has 0 aromatic heterocycles. The first kappa shape index (κ1) is 14.1. The average molecular weight is 231 g/mol. The minimum absolute atomic E-state index is 0.0399. The summed E-state index contributed by atoms with van der Waals surface area (Å²) in [6, 6.07) is 0. The molecule has 1 N–H and O–H groups in total. The summed E-state index contributed by atoms with van der Waals surface area (Å²) in [6.45, 7) is 4.58. The summed E-state index contributed by atoms with van der Waals surface area (Å²) in [5.74, 6) is 0. The van der Waals surface area contributed by atoms with Gasteiger partial charge >= 0.3 is 6.36 Å². The molecule has 0 aromatic carbocycles. The predicted octanol–water partition coefficient (Wildman–Crippen LogP) is 2.25. The maximum atomic E-state index is 11.5. The van der Waals surface area contributed by atoms with Gasteiger partial charge in [0.2, 0.25) is 0 Å². The molecule has 0 rings (SSSR count). The molecule has 86 valence electrons. The molecule has 0 radical (unpaired) electrons. The van der Waals surface area contributed by atoms with E-state index in [1.165, 1.54) is 0 Å². The van der Waals surface area contributed by atoms with Gasteiger partial charge in [-0.05, 0) is 20.1 Å². The lowest BCUT2D eigenvalue weighted by Crippen LogP contribution is -2.34. The van der Waals surface area contributed by atoms with Crippen LogP contribution in [-0.2, 0) is 4.74 Å². The van der Waals surface area contributed by atoms with Gasteiger partial charge in [0.1, 0.15) is 0 Å². The van der Waals surface area contributed by atoms with Gasteiger partial charge in [-0.1, -0.05) is 0 Å². The molecule has 0 saturated carbocycles. The van der Waals surface area contributed by atoms with E-state index in [1.54, 1.807) is 11.8 Å². The second-order valence-corrected chi connectivity index (χ2v) is 4.95. The summed E-state index contributed by atoms with van der Waals surface area (Å²) in [5, 5.41) is 2.90. The standard InChI is InChI=1S/C8H16F3NOS/c1-7(2,14-3)6-12-4-5-13-8(9,10)11/h12H,4-6H2,1-3H3. The first-order valence-electron chi connectivity index (χ1n) is 4.23. The Hall–Kier alpha value is 0.0600. The van der Waals surface area contributed by atoms with Crippen molar-refractivity contribution >= 4 is 11.8 Å². The molecule has 0 unspecified atom stereocenters. The summed E-state index contributed by atoms with van der Waals surface area (Å²) < 4.78 is 38.2. The highest BCUT2D eigenvalue weighted by Gasteiger charge is 2.28. The van der Waals surface area contributed by atoms with Crippen molar-refractivity contribution in [1.29, 1.82) is 0 Å². The third-order valence-electron chi connectivity index (χ3n) is 1.65. The predicted molar refractivity (Wildman–Crippen MR) is 52.5 cm³/mol. The van der Waals surface area contributed by atoms with Crippen LogP contribution in [0, 0.1) is 0 Å². The second-order valence-electron chi connectivity index (χ2n) is 3.43. The van der Waals surface area contributed by atoms with Crippen molar-refractivity contribution in [3.8, 4) is 0 Å². The Balaban J connectivity index is 3.39. The molecule has 0 fully saturated rings. The van der Waals surface area contributed by atoms with E-state index in [1.807, 2.05) is 20.1 Å². The number of hydrogen-bond acceptors (Lipinski definition) is 3. The fourth-order valence-electron chi connectivity index (χ4n) is 0.701. The molecular formula is C8H16F3NOS. The fourth-order valence-corrected chi connectivity index (χ4v) is 0.947. The monoisotopic (exact) mass is 231 g/mol. The summed E-state index contributed by atoms with van der Waals surface area (Å²) in [7, 11) is 0. The summed E-state index contributed by atoms with van der Waals surface area (Å²) in [5.41, 5.74) is 0. The van der Waals surface area contributed by atoms with E-state index in [4.69, 9.17) is 0 Å². The Morgan fingerprint density at radius 3 is 2.29 bits per heavy atom. The van der Waals surface area contributed by atoms with Crippen LogP contribution in [-0.4, -0.2) is 37.1 Å². The Labute approximate surface area is 86.6 Å². The molecule has 0 atom stereocenters. The lowest BCUT2D eigenvalue weighted by atomic mass is 10.2. The van der Waals surface area contributed by atoms with Gasteiger partial charge in [0, 0.05) is 17.8 Å². The molecule has 2 nitrogen and oxygen atoms in total. The van der Waals surface area contributed by atoms with Crippen LogP contribution < -0.4 is 5.32 Å². The summed E-state index contributed by atoms with van der Waals surface area (Å²) >= 11 is 1.67. The summed E-state index contributed by atoms with van der Waals surface area (Å²) in [6.07, 6.45) is -2.55. The molecule has 0 saturated heterocycles. The zero-order chi connectivity index (χ0) is 11.2. The third-order valence-corrected chi connectivity index (χ3v) is 2.90. The number of thioether (sulfide) groups is 1. The molecular weight excluding hydrogens is 215 g/mol. The minimum Gasteiger partial charge on any atom is -0.313 e. The number of hydrogen-bond donors (Lipinski definition) is 1. The van der Waals surface area contributed by atoms with E-state index in [0.717, 1.165) is 0 Å². The van der Waals surface area contributed by atoms with Gasteiger partial charge in [-0.25, -0.2) is 0 Å². The van der Waals surface area contributed by atoms with Crippen LogP contribution in [0.4, 0.5) is 13.2 Å². The van der Waals surface area contributed by atoms with Gasteiger partial charge in [-0.3, -0.25) is 4.74 Å². The van der Waals surface area contributed by atoms with E-state index in [9.17, 15) is 13.2 Å². The topological polar surface area (TPSA) is 21.3 Å². The van der Waals surface area contributed by atoms with Crippen LogP contribution >= 0.6 is 11.8 Å². The first-order valence-corrected chi connectivity index (χ1v) is 5.46. The summed E-state index contributed by atoms with van der Waals surface area (Å²) in [4.78, 5) is 0. The highest BCUT2D eigenvalue weighted by atomic mass is 32.2. The quantitative estimate of drug-likeness (QED) is 0.708. The van der Waals surface area contributed by atoms with Gasteiger partial charge in [0.15, 0.2) is 0 Å². The highest BCUT2D eigenvalue weighted by molar-refractivity contribution is 7.99. The molecule has 0 aliphatic heterocycles. The van der Waals surface area contributed by atoms with Crippen molar-refractivity contribution in [2.75, 3.05) is 26.0 Å². The Morgan fingerprint density at radius 1 is 1.29 bits per heavy atom. The zero-order valence-electron chi connectivity index (χ0n) is 8.57. The second kappa shape index (κ2) is 5.82. The molecule has 0 heterocycles. The number of rotatable bonds is 6. The molecule has 0 aliphatic rings. The third kappa shape index (κ3) is 8.65. The van der Waals surface area contributed by atoms with E-state index in [0.29, 0.717) is 6.54 Å². The average Bonchev–Trinajstić information content (AvgIpc) is 2.01. The first-order chi connectivity index (χ1) is 6.27. The Bertz CT molecular complexity index is 161. The molecule has 0 aromatic rings. The molecule has 6 heteroatoms. The SMILES string of the molecule is CSC(C)(C)CNCCOC(F)(F)F. The number of halogens is 3. The smallest absolute Gasteiger partial charge is 0.313 e. The molecule has 0 amide bonds.